The zero-order valence-electron chi connectivity index (χ0n) is 11.4. The molecule has 1 aromatic rings. The molecular weight excluding hydrogens is 228 g/mol. The summed E-state index contributed by atoms with van der Waals surface area (Å²) < 4.78 is 0. The molecule has 0 aromatic heterocycles. The fourth-order valence-corrected chi connectivity index (χ4v) is 1.59. The summed E-state index contributed by atoms with van der Waals surface area (Å²) in [6, 6.07) is 9.18. The van der Waals surface area contributed by atoms with Crippen LogP contribution in [-0.4, -0.2) is 23.9 Å². The Kier molecular flexibility index (Phi) is 4.48. The third-order valence-corrected chi connectivity index (χ3v) is 2.26. The van der Waals surface area contributed by atoms with Gasteiger partial charge in [0.1, 0.15) is 6.54 Å². The van der Waals surface area contributed by atoms with Crippen molar-refractivity contribution >= 4 is 17.5 Å². The summed E-state index contributed by atoms with van der Waals surface area (Å²) in [5.41, 5.74) is 0.435. The molecule has 18 heavy (non-hydrogen) atoms. The number of nitrogens with one attached hydrogen (secondary N) is 1. The maximum atomic E-state index is 11.8. The SMILES string of the molecule is CC(=O)N(CC(=O)NC(C)(C)C)c1ccccc1. The Balaban J connectivity index is 2.77. The van der Waals surface area contributed by atoms with E-state index in [1.54, 1.807) is 0 Å². The quantitative estimate of drug-likeness (QED) is 0.889. The fraction of sp³-hybridized carbons (Fsp3) is 0.429. The summed E-state index contributed by atoms with van der Waals surface area (Å²) in [7, 11) is 0. The van der Waals surface area contributed by atoms with Crippen LogP contribution in [0.15, 0.2) is 30.3 Å². The molecule has 4 nitrogen and oxygen atoms in total. The summed E-state index contributed by atoms with van der Waals surface area (Å²) >= 11 is 0. The number of amides is 2. The molecule has 0 saturated heterocycles. The molecule has 0 heterocycles. The number of hydrogen-bond acceptors (Lipinski definition) is 2. The molecule has 0 saturated carbocycles. The largest absolute Gasteiger partial charge is 0.350 e. The van der Waals surface area contributed by atoms with E-state index < -0.39 is 0 Å². The highest BCUT2D eigenvalue weighted by molar-refractivity contribution is 5.97. The number of anilines is 1. The molecule has 2 amide bonds. The molecular formula is C14H20N2O2. The molecule has 0 spiro atoms. The van der Waals surface area contributed by atoms with E-state index in [-0.39, 0.29) is 23.9 Å². The van der Waals surface area contributed by atoms with Gasteiger partial charge in [-0.1, -0.05) is 18.2 Å². The first-order valence-electron chi connectivity index (χ1n) is 5.94. The third-order valence-electron chi connectivity index (χ3n) is 2.26. The predicted molar refractivity (Wildman–Crippen MR) is 72.4 cm³/mol. The lowest BCUT2D eigenvalue weighted by Gasteiger charge is -2.25. The normalized spacial score (nSPS) is 10.9. The molecule has 0 radical (unpaired) electrons. The second-order valence-corrected chi connectivity index (χ2v) is 5.24. The molecule has 0 aliphatic heterocycles. The topological polar surface area (TPSA) is 49.4 Å². The fourth-order valence-electron chi connectivity index (χ4n) is 1.59. The van der Waals surface area contributed by atoms with Crippen molar-refractivity contribution in [2.75, 3.05) is 11.4 Å². The second-order valence-electron chi connectivity index (χ2n) is 5.24. The van der Waals surface area contributed by atoms with E-state index in [4.69, 9.17) is 0 Å². The summed E-state index contributed by atoms with van der Waals surface area (Å²) in [5, 5.41) is 2.84. The number of benzene rings is 1. The molecule has 0 bridgehead atoms. The third kappa shape index (κ3) is 4.57. The summed E-state index contributed by atoms with van der Waals surface area (Å²) in [5.74, 6) is -0.313. The molecule has 0 aliphatic carbocycles. The first-order chi connectivity index (χ1) is 8.29. The minimum atomic E-state index is -0.295. The van der Waals surface area contributed by atoms with Gasteiger partial charge in [0.15, 0.2) is 0 Å². The van der Waals surface area contributed by atoms with E-state index in [0.717, 1.165) is 5.69 Å². The highest BCUT2D eigenvalue weighted by Crippen LogP contribution is 2.13. The van der Waals surface area contributed by atoms with Gasteiger partial charge in [0.25, 0.3) is 0 Å². The highest BCUT2D eigenvalue weighted by atomic mass is 16.2. The van der Waals surface area contributed by atoms with Gasteiger partial charge in [-0.25, -0.2) is 0 Å². The molecule has 0 aliphatic rings. The Morgan fingerprint density at radius 3 is 2.17 bits per heavy atom. The molecule has 0 unspecified atom stereocenters. The minimum absolute atomic E-state index is 0.0383. The van der Waals surface area contributed by atoms with Crippen LogP contribution in [0.5, 0.6) is 0 Å². The van der Waals surface area contributed by atoms with Gasteiger partial charge in [-0.3, -0.25) is 9.59 Å². The maximum Gasteiger partial charge on any atom is 0.240 e. The van der Waals surface area contributed by atoms with Crippen LogP contribution in [0.4, 0.5) is 5.69 Å². The monoisotopic (exact) mass is 248 g/mol. The van der Waals surface area contributed by atoms with Gasteiger partial charge in [0, 0.05) is 18.2 Å². The van der Waals surface area contributed by atoms with E-state index >= 15 is 0 Å². The van der Waals surface area contributed by atoms with Crippen molar-refractivity contribution in [3.05, 3.63) is 30.3 Å². The van der Waals surface area contributed by atoms with Gasteiger partial charge in [0.05, 0.1) is 0 Å². The van der Waals surface area contributed by atoms with Crippen molar-refractivity contribution in [3.8, 4) is 0 Å². The van der Waals surface area contributed by atoms with Crippen molar-refractivity contribution in [3.63, 3.8) is 0 Å². The van der Waals surface area contributed by atoms with Crippen LogP contribution in [0.3, 0.4) is 0 Å². The average molecular weight is 248 g/mol. The van der Waals surface area contributed by atoms with Crippen molar-refractivity contribution in [1.82, 2.24) is 5.32 Å². The number of para-hydroxylation sites is 1. The molecule has 4 heteroatoms. The standard InChI is InChI=1S/C14H20N2O2/c1-11(17)16(12-8-6-5-7-9-12)10-13(18)15-14(2,3)4/h5-9H,10H2,1-4H3,(H,15,18). The number of rotatable bonds is 3. The van der Waals surface area contributed by atoms with Gasteiger partial charge in [-0.2, -0.15) is 0 Å². The van der Waals surface area contributed by atoms with Gasteiger partial charge < -0.3 is 10.2 Å². The molecule has 1 aromatic carbocycles. The smallest absolute Gasteiger partial charge is 0.240 e. The van der Waals surface area contributed by atoms with Gasteiger partial charge in [-0.05, 0) is 32.9 Å². The van der Waals surface area contributed by atoms with Crippen molar-refractivity contribution in [1.29, 1.82) is 0 Å². The maximum absolute atomic E-state index is 11.8. The average Bonchev–Trinajstić information content (AvgIpc) is 2.24. The van der Waals surface area contributed by atoms with Crippen molar-refractivity contribution in [2.24, 2.45) is 0 Å². The first kappa shape index (κ1) is 14.2. The lowest BCUT2D eigenvalue weighted by atomic mass is 10.1. The molecule has 1 N–H and O–H groups in total. The van der Waals surface area contributed by atoms with Crippen LogP contribution < -0.4 is 10.2 Å². The lowest BCUT2D eigenvalue weighted by molar-refractivity contribution is -0.124. The molecule has 0 atom stereocenters. The number of carbonyl (C=O) groups is 2. The van der Waals surface area contributed by atoms with E-state index in [2.05, 4.69) is 5.32 Å². The Morgan fingerprint density at radius 2 is 1.72 bits per heavy atom. The highest BCUT2D eigenvalue weighted by Gasteiger charge is 2.19. The number of nitrogens with zero attached hydrogens (tertiary/aromatic N) is 1. The predicted octanol–water partition coefficient (Wildman–Crippen LogP) is 1.95. The molecule has 98 valence electrons. The first-order valence-corrected chi connectivity index (χ1v) is 5.94. The Hall–Kier alpha value is -1.84. The van der Waals surface area contributed by atoms with Gasteiger partial charge in [-0.15, -0.1) is 0 Å². The van der Waals surface area contributed by atoms with Crippen molar-refractivity contribution in [2.45, 2.75) is 33.2 Å². The van der Waals surface area contributed by atoms with Crippen LogP contribution in [0, 0.1) is 0 Å². The van der Waals surface area contributed by atoms with E-state index in [1.807, 2.05) is 51.1 Å². The Bertz CT molecular complexity index is 421. The van der Waals surface area contributed by atoms with Crippen molar-refractivity contribution < 1.29 is 9.59 Å². The molecule has 0 fully saturated rings. The van der Waals surface area contributed by atoms with Gasteiger partial charge in [0.2, 0.25) is 11.8 Å². The molecule has 1 rings (SSSR count). The lowest BCUT2D eigenvalue weighted by Crippen LogP contribution is -2.47. The van der Waals surface area contributed by atoms with E-state index in [1.165, 1.54) is 11.8 Å². The number of hydrogen-bond donors (Lipinski definition) is 1. The zero-order valence-corrected chi connectivity index (χ0v) is 11.4. The Labute approximate surface area is 108 Å². The van der Waals surface area contributed by atoms with Crippen LogP contribution in [0.2, 0.25) is 0 Å². The van der Waals surface area contributed by atoms with Crippen LogP contribution >= 0.6 is 0 Å². The van der Waals surface area contributed by atoms with E-state index in [0.29, 0.717) is 0 Å². The Morgan fingerprint density at radius 1 is 1.17 bits per heavy atom. The summed E-state index contributed by atoms with van der Waals surface area (Å²) in [4.78, 5) is 24.9. The van der Waals surface area contributed by atoms with E-state index in [9.17, 15) is 9.59 Å². The van der Waals surface area contributed by atoms with Gasteiger partial charge >= 0.3 is 0 Å². The van der Waals surface area contributed by atoms with Crippen LogP contribution in [-0.2, 0) is 9.59 Å². The second kappa shape index (κ2) is 5.67. The summed E-state index contributed by atoms with van der Waals surface area (Å²) in [6.07, 6.45) is 0. The van der Waals surface area contributed by atoms with Crippen LogP contribution in [0.1, 0.15) is 27.7 Å². The summed E-state index contributed by atoms with van der Waals surface area (Å²) in [6.45, 7) is 7.22. The minimum Gasteiger partial charge on any atom is -0.350 e. The van der Waals surface area contributed by atoms with Crippen LogP contribution in [0.25, 0.3) is 0 Å². The number of carbonyl (C=O) groups excluding carboxylic acids is 2. The zero-order chi connectivity index (χ0) is 13.8.